The van der Waals surface area contributed by atoms with Crippen molar-refractivity contribution in [2.45, 2.75) is 180 Å². The highest BCUT2D eigenvalue weighted by Gasteiger charge is 2.32. The largest absolute Gasteiger partial charge is 0.370 e. The topological polar surface area (TPSA) is 327 Å². The fraction of sp³-hybridized carbons (Fsp3) is 0.618. The van der Waals surface area contributed by atoms with Gasteiger partial charge in [-0.25, -0.2) is 4.98 Å². The summed E-state index contributed by atoms with van der Waals surface area (Å²) in [5.41, 5.74) is 13.2. The van der Waals surface area contributed by atoms with Gasteiger partial charge in [0.15, 0.2) is 17.3 Å². The number of amides is 7. The third-order valence-electron chi connectivity index (χ3n) is 13.1. The molecule has 2 aromatic heterocycles. The summed E-state index contributed by atoms with van der Waals surface area (Å²) in [6.45, 7) is 10.9. The smallest absolute Gasteiger partial charge is 0.243 e. The van der Waals surface area contributed by atoms with Crippen molar-refractivity contribution in [3.05, 3.63) is 54.2 Å². The molecule has 23 heteroatoms. The standard InChI is InChI=1S/C35H51N5O6S2.C20H33N5O4S/c1-4-9-30(42)34(22(2)3)40-33(45)17-15-29(41)28(20-23-21-37-26-12-7-6-11-25(23)26)39-35(46)27(14-16-31(36)43)38-32(44)13-8-5-10-24-18-19-47-48-24;1-12(2)7-14(20(29)25-16(19(21)28)5-6-30-4)8-18(27)17(24-13(3)26)9-15-10-22-11-23-15/h6-7,11-12,21-22,24,27-28,34,37H,4-5,8-10,13-20H2,1-3H3,(H2,36,43)(H,38,44)(H,39,46)(H,40,45);10-12,14,16-17H,5-9H2,1-4H3,(H2,21,28)(H,22,23)(H,24,26)(H,25,29). The van der Waals surface area contributed by atoms with Crippen LogP contribution in [-0.4, -0.2) is 127 Å². The summed E-state index contributed by atoms with van der Waals surface area (Å²) >= 11 is 1.55. The van der Waals surface area contributed by atoms with Gasteiger partial charge < -0.3 is 48.0 Å². The molecule has 78 heavy (non-hydrogen) atoms. The summed E-state index contributed by atoms with van der Waals surface area (Å²) in [6.07, 6.45) is 12.7. The first-order valence-corrected chi connectivity index (χ1v) is 30.8. The molecule has 0 aliphatic carbocycles. The molecule has 20 nitrogen and oxygen atoms in total. The summed E-state index contributed by atoms with van der Waals surface area (Å²) in [7, 11) is 3.78. The number of primary amides is 2. The third kappa shape index (κ3) is 25.0. The lowest BCUT2D eigenvalue weighted by molar-refractivity contribution is -0.133. The lowest BCUT2D eigenvalue weighted by Crippen LogP contribution is -2.52. The molecule has 0 bridgehead atoms. The van der Waals surface area contributed by atoms with E-state index in [0.717, 1.165) is 35.1 Å². The zero-order valence-corrected chi connectivity index (χ0v) is 48.8. The van der Waals surface area contributed by atoms with E-state index in [4.69, 9.17) is 11.5 Å². The maximum absolute atomic E-state index is 13.7. The number of para-hydroxylation sites is 1. The highest BCUT2D eigenvalue weighted by molar-refractivity contribution is 8.77. The summed E-state index contributed by atoms with van der Waals surface area (Å²) in [5, 5.41) is 15.2. The number of nitrogens with one attached hydrogen (secondary N) is 7. The SMILES string of the molecule is CCCC(=O)C(NC(=O)CCC(=O)C(Cc1c[nH]c2ccccc12)NC(=O)C(CCC(N)=O)NC(=O)CCCCC1CCSS1)C(C)C.CSCCC(NC(=O)C(CC(=O)C(Cc1cnc[nH]1)NC(C)=O)CC(C)C)C(N)=O. The number of aromatic nitrogens is 3. The number of nitrogens with two attached hydrogens (primary N) is 2. The van der Waals surface area contributed by atoms with Crippen molar-refractivity contribution < 1.29 is 47.9 Å². The molecule has 7 atom stereocenters. The predicted molar refractivity (Wildman–Crippen MR) is 309 cm³/mol. The van der Waals surface area contributed by atoms with Crippen LogP contribution in [0, 0.1) is 17.8 Å². The van der Waals surface area contributed by atoms with Gasteiger partial charge in [-0.3, -0.25) is 47.9 Å². The van der Waals surface area contributed by atoms with Gasteiger partial charge in [0.1, 0.15) is 12.1 Å². The molecule has 0 radical (unpaired) electrons. The molecule has 7 unspecified atom stereocenters. The third-order valence-corrected chi connectivity index (χ3v) is 16.7. The van der Waals surface area contributed by atoms with Gasteiger partial charge in [0.05, 0.1) is 24.5 Å². The van der Waals surface area contributed by atoms with Crippen molar-refractivity contribution in [1.82, 2.24) is 41.5 Å². The minimum Gasteiger partial charge on any atom is -0.370 e. The number of carbonyl (C=O) groups is 10. The van der Waals surface area contributed by atoms with Crippen LogP contribution in [0.3, 0.4) is 0 Å². The summed E-state index contributed by atoms with van der Waals surface area (Å²) < 4.78 is 0. The van der Waals surface area contributed by atoms with Gasteiger partial charge in [-0.1, -0.05) is 80.8 Å². The van der Waals surface area contributed by atoms with Crippen molar-refractivity contribution in [2.24, 2.45) is 29.2 Å². The minimum absolute atomic E-state index is 0.0123. The van der Waals surface area contributed by atoms with Crippen LogP contribution < -0.4 is 38.1 Å². The molecule has 1 aliphatic heterocycles. The van der Waals surface area contributed by atoms with Crippen LogP contribution in [0.5, 0.6) is 0 Å². The van der Waals surface area contributed by atoms with Crippen molar-refractivity contribution >= 4 is 103 Å². The number of ketones is 3. The van der Waals surface area contributed by atoms with Crippen LogP contribution in [0.4, 0.5) is 0 Å². The number of fused-ring (bicyclic) bond motifs is 1. The Morgan fingerprint density at radius 2 is 1.46 bits per heavy atom. The highest BCUT2D eigenvalue weighted by Crippen LogP contribution is 2.40. The van der Waals surface area contributed by atoms with Gasteiger partial charge in [-0.05, 0) is 80.4 Å². The highest BCUT2D eigenvalue weighted by atomic mass is 33.1. The van der Waals surface area contributed by atoms with Gasteiger partial charge in [-0.2, -0.15) is 11.8 Å². The molecule has 1 aliphatic rings. The molecular formula is C55H84N10O10S3. The lowest BCUT2D eigenvalue weighted by atomic mass is 9.88. The first kappa shape index (κ1) is 66.6. The Morgan fingerprint density at radius 1 is 0.756 bits per heavy atom. The van der Waals surface area contributed by atoms with Crippen molar-refractivity contribution in [3.63, 3.8) is 0 Å². The molecular weight excluding hydrogens is 1060 g/mol. The molecule has 3 heterocycles. The minimum atomic E-state index is -1.07. The lowest BCUT2D eigenvalue weighted by Gasteiger charge is -2.24. The Hall–Kier alpha value is -5.68. The van der Waals surface area contributed by atoms with Gasteiger partial charge in [0, 0.05) is 104 Å². The van der Waals surface area contributed by atoms with Crippen LogP contribution in [-0.2, 0) is 60.8 Å². The normalized spacial score (nSPS) is 15.4. The number of rotatable bonds is 36. The van der Waals surface area contributed by atoms with Gasteiger partial charge in [-0.15, -0.1) is 0 Å². The van der Waals surface area contributed by atoms with E-state index in [2.05, 4.69) is 41.5 Å². The number of hydrogen-bond donors (Lipinski definition) is 9. The number of H-pyrrole nitrogens is 2. The molecule has 1 saturated heterocycles. The average molecular weight is 1140 g/mol. The Balaban J connectivity index is 0.000000458. The van der Waals surface area contributed by atoms with E-state index in [1.807, 2.05) is 86.7 Å². The van der Waals surface area contributed by atoms with E-state index in [-0.39, 0.29) is 98.3 Å². The second kappa shape index (κ2) is 35.8. The number of thioether (sulfide) groups is 1. The van der Waals surface area contributed by atoms with Crippen LogP contribution >= 0.6 is 33.3 Å². The Kier molecular flexibility index (Phi) is 30.5. The van der Waals surface area contributed by atoms with Crippen LogP contribution in [0.1, 0.15) is 143 Å². The van der Waals surface area contributed by atoms with E-state index in [1.54, 1.807) is 24.2 Å². The van der Waals surface area contributed by atoms with Crippen LogP contribution in [0.2, 0.25) is 0 Å². The molecule has 7 amide bonds. The van der Waals surface area contributed by atoms with E-state index >= 15 is 0 Å². The Labute approximate surface area is 471 Å². The summed E-state index contributed by atoms with van der Waals surface area (Å²) in [4.78, 5) is 136. The van der Waals surface area contributed by atoms with Crippen molar-refractivity contribution in [1.29, 1.82) is 0 Å². The number of carbonyl (C=O) groups excluding carboxylic acids is 10. The monoisotopic (exact) mass is 1140 g/mol. The summed E-state index contributed by atoms with van der Waals surface area (Å²) in [5.74, 6) is -2.61. The fourth-order valence-electron chi connectivity index (χ4n) is 8.91. The number of Topliss-reactive ketones (excluding diaryl/α,β-unsaturated/α-hetero) is 3. The molecule has 4 rings (SSSR count). The average Bonchev–Trinajstić information content (AvgIpc) is 4.21. The van der Waals surface area contributed by atoms with Crippen molar-refractivity contribution in [3.8, 4) is 0 Å². The van der Waals surface area contributed by atoms with Gasteiger partial charge >= 0.3 is 0 Å². The molecule has 1 fully saturated rings. The fourth-order valence-corrected chi connectivity index (χ4v) is 12.4. The maximum Gasteiger partial charge on any atom is 0.243 e. The van der Waals surface area contributed by atoms with E-state index in [0.29, 0.717) is 48.8 Å². The first-order valence-electron chi connectivity index (χ1n) is 27.0. The summed E-state index contributed by atoms with van der Waals surface area (Å²) in [6, 6.07) is 3.34. The first-order chi connectivity index (χ1) is 37.1. The quantitative estimate of drug-likeness (QED) is 0.0263. The number of imidazole rings is 1. The number of hydrogen-bond acceptors (Lipinski definition) is 14. The number of benzene rings is 1. The molecule has 11 N–H and O–H groups in total. The predicted octanol–water partition coefficient (Wildman–Crippen LogP) is 5.32. The van der Waals surface area contributed by atoms with Crippen LogP contribution in [0.15, 0.2) is 43.0 Å². The zero-order chi connectivity index (χ0) is 57.7. The van der Waals surface area contributed by atoms with Crippen molar-refractivity contribution in [2.75, 3.05) is 17.8 Å². The number of nitrogens with zero attached hydrogens (tertiary/aromatic N) is 1. The molecule has 0 spiro atoms. The molecule has 0 saturated carbocycles. The van der Waals surface area contributed by atoms with E-state index in [9.17, 15) is 47.9 Å². The number of aromatic amines is 2. The van der Waals surface area contributed by atoms with Gasteiger partial charge in [0.25, 0.3) is 0 Å². The second-order valence-electron chi connectivity index (χ2n) is 20.6. The number of unbranched alkanes of at least 4 members (excludes halogenated alkanes) is 1. The van der Waals surface area contributed by atoms with E-state index < -0.39 is 59.8 Å². The Morgan fingerprint density at radius 3 is 2.08 bits per heavy atom. The Bertz CT molecular complexity index is 2430. The molecule has 1 aromatic carbocycles. The molecule has 3 aromatic rings. The van der Waals surface area contributed by atoms with Crippen LogP contribution in [0.25, 0.3) is 10.9 Å². The maximum atomic E-state index is 13.7. The zero-order valence-electron chi connectivity index (χ0n) is 46.4. The molecule has 432 valence electrons. The van der Waals surface area contributed by atoms with Gasteiger partial charge in [0.2, 0.25) is 41.4 Å². The van der Waals surface area contributed by atoms with E-state index in [1.165, 1.54) is 19.7 Å². The second-order valence-corrected chi connectivity index (χ2v) is 24.3.